The second kappa shape index (κ2) is 6.01. The third kappa shape index (κ3) is 3.08. The van der Waals surface area contributed by atoms with Gasteiger partial charge in [0.2, 0.25) is 0 Å². The molecule has 1 aromatic carbocycles. The first-order valence-corrected chi connectivity index (χ1v) is 7.20. The number of hydrogen-bond acceptors (Lipinski definition) is 4. The second-order valence-electron chi connectivity index (χ2n) is 5.52. The van der Waals surface area contributed by atoms with Gasteiger partial charge in [-0.25, -0.2) is 4.68 Å². The molecule has 0 aliphatic heterocycles. The predicted octanol–water partition coefficient (Wildman–Crippen LogP) is 2.56. The largest absolute Gasteiger partial charge is 0.311 e. The van der Waals surface area contributed by atoms with Gasteiger partial charge in [-0.05, 0) is 30.7 Å². The zero-order valence-corrected chi connectivity index (χ0v) is 12.3. The van der Waals surface area contributed by atoms with Crippen LogP contribution in [0, 0.1) is 5.92 Å². The first kappa shape index (κ1) is 13.7. The first-order valence-electron chi connectivity index (χ1n) is 7.20. The first-order chi connectivity index (χ1) is 10.2. The van der Waals surface area contributed by atoms with Gasteiger partial charge in [-0.2, -0.15) is 10.2 Å². The molecule has 21 heavy (non-hydrogen) atoms. The Kier molecular flexibility index (Phi) is 3.92. The summed E-state index contributed by atoms with van der Waals surface area (Å²) in [6.45, 7) is 6.09. The Morgan fingerprint density at radius 1 is 1.10 bits per heavy atom. The summed E-state index contributed by atoms with van der Waals surface area (Å²) >= 11 is 0. The number of nitrogens with zero attached hydrogens (tertiary/aromatic N) is 4. The SMILES string of the molecule is CC(C)CNCc1ccc(-n2ncc3ccccc32)nn1. The van der Waals surface area contributed by atoms with Crippen molar-refractivity contribution in [1.82, 2.24) is 25.3 Å². The molecule has 2 aromatic heterocycles. The minimum absolute atomic E-state index is 0.632. The van der Waals surface area contributed by atoms with Crippen molar-refractivity contribution in [2.24, 2.45) is 5.92 Å². The lowest BCUT2D eigenvalue weighted by Gasteiger charge is -2.07. The van der Waals surface area contributed by atoms with E-state index in [0.29, 0.717) is 5.92 Å². The standard InChI is InChI=1S/C16H19N5/c1-12(2)9-17-11-14-7-8-16(20-19-14)21-15-6-4-3-5-13(15)10-18-21/h3-8,10,12,17H,9,11H2,1-2H3. The molecule has 3 aromatic rings. The van der Waals surface area contributed by atoms with Crippen LogP contribution in [0.15, 0.2) is 42.6 Å². The Morgan fingerprint density at radius 2 is 1.95 bits per heavy atom. The average molecular weight is 281 g/mol. The van der Waals surface area contributed by atoms with Gasteiger partial charge in [0.15, 0.2) is 5.82 Å². The van der Waals surface area contributed by atoms with Gasteiger partial charge >= 0.3 is 0 Å². The van der Waals surface area contributed by atoms with Crippen molar-refractivity contribution in [1.29, 1.82) is 0 Å². The highest BCUT2D eigenvalue weighted by molar-refractivity contribution is 5.79. The molecular formula is C16H19N5. The van der Waals surface area contributed by atoms with Crippen molar-refractivity contribution in [3.05, 3.63) is 48.3 Å². The maximum atomic E-state index is 4.38. The van der Waals surface area contributed by atoms with Crippen molar-refractivity contribution in [2.75, 3.05) is 6.54 Å². The second-order valence-corrected chi connectivity index (χ2v) is 5.52. The fourth-order valence-corrected chi connectivity index (χ4v) is 2.20. The molecule has 0 unspecified atom stereocenters. The molecule has 0 radical (unpaired) electrons. The quantitative estimate of drug-likeness (QED) is 0.781. The summed E-state index contributed by atoms with van der Waals surface area (Å²) < 4.78 is 1.81. The van der Waals surface area contributed by atoms with Crippen LogP contribution in [-0.4, -0.2) is 26.5 Å². The molecule has 0 spiro atoms. The van der Waals surface area contributed by atoms with E-state index in [0.717, 1.165) is 35.5 Å². The molecule has 3 rings (SSSR count). The molecular weight excluding hydrogens is 262 g/mol. The van der Waals surface area contributed by atoms with Crippen molar-refractivity contribution >= 4 is 10.9 Å². The third-order valence-corrected chi connectivity index (χ3v) is 3.26. The van der Waals surface area contributed by atoms with Crippen LogP contribution in [0.25, 0.3) is 16.7 Å². The summed E-state index contributed by atoms with van der Waals surface area (Å²) in [6, 6.07) is 12.0. The number of fused-ring (bicyclic) bond motifs is 1. The normalized spacial score (nSPS) is 11.4. The van der Waals surface area contributed by atoms with Crippen molar-refractivity contribution in [2.45, 2.75) is 20.4 Å². The Labute approximate surface area is 124 Å². The lowest BCUT2D eigenvalue weighted by molar-refractivity contribution is 0.545. The van der Waals surface area contributed by atoms with Gasteiger partial charge in [0.05, 0.1) is 17.4 Å². The lowest BCUT2D eigenvalue weighted by Crippen LogP contribution is -2.20. The predicted molar refractivity (Wildman–Crippen MR) is 83.2 cm³/mol. The van der Waals surface area contributed by atoms with E-state index < -0.39 is 0 Å². The lowest BCUT2D eigenvalue weighted by atomic mass is 10.2. The van der Waals surface area contributed by atoms with Gasteiger partial charge < -0.3 is 5.32 Å². The number of hydrogen-bond donors (Lipinski definition) is 1. The minimum atomic E-state index is 0.632. The number of para-hydroxylation sites is 1. The zero-order valence-electron chi connectivity index (χ0n) is 12.3. The van der Waals surface area contributed by atoms with Crippen molar-refractivity contribution < 1.29 is 0 Å². The molecule has 5 nitrogen and oxygen atoms in total. The highest BCUT2D eigenvalue weighted by Gasteiger charge is 2.06. The summed E-state index contributed by atoms with van der Waals surface area (Å²) in [5.41, 5.74) is 1.98. The van der Waals surface area contributed by atoms with Crippen LogP contribution in [0.1, 0.15) is 19.5 Å². The smallest absolute Gasteiger partial charge is 0.176 e. The Bertz CT molecular complexity index is 715. The molecule has 0 aliphatic carbocycles. The summed E-state index contributed by atoms with van der Waals surface area (Å²) in [5.74, 6) is 1.37. The summed E-state index contributed by atoms with van der Waals surface area (Å²) in [4.78, 5) is 0. The van der Waals surface area contributed by atoms with E-state index in [1.165, 1.54) is 0 Å². The maximum absolute atomic E-state index is 4.38. The molecule has 1 N–H and O–H groups in total. The summed E-state index contributed by atoms with van der Waals surface area (Å²) in [6.07, 6.45) is 1.84. The van der Waals surface area contributed by atoms with Crippen molar-refractivity contribution in [3.8, 4) is 5.82 Å². The van der Waals surface area contributed by atoms with Gasteiger partial charge in [0.1, 0.15) is 0 Å². The number of benzene rings is 1. The average Bonchev–Trinajstić information content (AvgIpc) is 2.92. The monoisotopic (exact) mass is 281 g/mol. The summed E-state index contributed by atoms with van der Waals surface area (Å²) in [7, 11) is 0. The van der Waals surface area contributed by atoms with Crippen LogP contribution in [0.3, 0.4) is 0 Å². The van der Waals surface area contributed by atoms with Gasteiger partial charge in [0.25, 0.3) is 0 Å². The van der Waals surface area contributed by atoms with Gasteiger partial charge in [-0.15, -0.1) is 5.10 Å². The van der Waals surface area contributed by atoms with Crippen LogP contribution in [-0.2, 0) is 6.54 Å². The van der Waals surface area contributed by atoms with E-state index in [2.05, 4.69) is 34.5 Å². The number of rotatable bonds is 5. The zero-order chi connectivity index (χ0) is 14.7. The van der Waals surface area contributed by atoms with E-state index in [4.69, 9.17) is 0 Å². The van der Waals surface area contributed by atoms with Gasteiger partial charge in [-0.1, -0.05) is 32.0 Å². The highest BCUT2D eigenvalue weighted by atomic mass is 15.3. The molecule has 0 fully saturated rings. The molecule has 0 aliphatic rings. The molecule has 2 heterocycles. The van der Waals surface area contributed by atoms with E-state index in [9.17, 15) is 0 Å². The van der Waals surface area contributed by atoms with Crippen LogP contribution >= 0.6 is 0 Å². The summed E-state index contributed by atoms with van der Waals surface area (Å²) in [5, 5.41) is 17.4. The minimum Gasteiger partial charge on any atom is -0.311 e. The Balaban J connectivity index is 1.78. The molecule has 0 saturated heterocycles. The molecule has 0 atom stereocenters. The van der Waals surface area contributed by atoms with Gasteiger partial charge in [0, 0.05) is 11.9 Å². The fraction of sp³-hybridized carbons (Fsp3) is 0.312. The molecule has 0 amide bonds. The van der Waals surface area contributed by atoms with Gasteiger partial charge in [-0.3, -0.25) is 0 Å². The fourth-order valence-electron chi connectivity index (χ4n) is 2.20. The third-order valence-electron chi connectivity index (χ3n) is 3.26. The maximum Gasteiger partial charge on any atom is 0.176 e. The van der Waals surface area contributed by atoms with E-state index >= 15 is 0 Å². The highest BCUT2D eigenvalue weighted by Crippen LogP contribution is 2.16. The van der Waals surface area contributed by atoms with Crippen LogP contribution in [0.2, 0.25) is 0 Å². The van der Waals surface area contributed by atoms with E-state index in [1.807, 2.05) is 47.3 Å². The molecule has 0 bridgehead atoms. The molecule has 0 saturated carbocycles. The number of nitrogens with one attached hydrogen (secondary N) is 1. The van der Waals surface area contributed by atoms with Crippen LogP contribution < -0.4 is 5.32 Å². The topological polar surface area (TPSA) is 55.6 Å². The van der Waals surface area contributed by atoms with Crippen molar-refractivity contribution in [3.63, 3.8) is 0 Å². The Hall–Kier alpha value is -2.27. The van der Waals surface area contributed by atoms with Crippen LogP contribution in [0.4, 0.5) is 0 Å². The van der Waals surface area contributed by atoms with Crippen LogP contribution in [0.5, 0.6) is 0 Å². The van der Waals surface area contributed by atoms with E-state index in [1.54, 1.807) is 0 Å². The molecule has 5 heteroatoms. The number of aromatic nitrogens is 4. The molecule has 108 valence electrons. The Morgan fingerprint density at radius 3 is 2.71 bits per heavy atom. The van der Waals surface area contributed by atoms with E-state index in [-0.39, 0.29) is 0 Å².